The minimum Gasteiger partial charge on any atom is -0.492 e. The van der Waals surface area contributed by atoms with E-state index in [0.717, 1.165) is 0 Å². The summed E-state index contributed by atoms with van der Waals surface area (Å²) in [7, 11) is 1.89. The van der Waals surface area contributed by atoms with Crippen LogP contribution in [0.3, 0.4) is 0 Å². The molecule has 0 aliphatic rings. The van der Waals surface area contributed by atoms with Crippen LogP contribution in [-0.2, 0) is 16.8 Å². The summed E-state index contributed by atoms with van der Waals surface area (Å²) >= 11 is 0. The van der Waals surface area contributed by atoms with Crippen LogP contribution in [0.25, 0.3) is 0 Å². The summed E-state index contributed by atoms with van der Waals surface area (Å²) in [6.45, 7) is 10.4. The second-order valence-electron chi connectivity index (χ2n) is 8.30. The molecule has 9 heteroatoms. The summed E-state index contributed by atoms with van der Waals surface area (Å²) in [6.07, 6.45) is -0.552. The predicted octanol–water partition coefficient (Wildman–Crippen LogP) is 3.48. The van der Waals surface area contributed by atoms with E-state index in [9.17, 15) is 9.18 Å². The largest absolute Gasteiger partial charge is 0.492 e. The average Bonchev–Trinajstić information content (AvgIpc) is 3.03. The van der Waals surface area contributed by atoms with Gasteiger partial charge in [-0.15, -0.1) is 0 Å². The fourth-order valence-electron chi connectivity index (χ4n) is 2.35. The summed E-state index contributed by atoms with van der Waals surface area (Å²) in [5, 5.41) is 6.72. The minimum absolute atomic E-state index is 0.300. The molecule has 1 amide bonds. The number of aromatic nitrogens is 2. The summed E-state index contributed by atoms with van der Waals surface area (Å²) in [4.78, 5) is 18.4. The van der Waals surface area contributed by atoms with E-state index in [1.54, 1.807) is 46.8 Å². The average molecular weight is 408 g/mol. The Labute approximate surface area is 170 Å². The lowest BCUT2D eigenvalue weighted by molar-refractivity contribution is 0.0465. The van der Waals surface area contributed by atoms with Crippen LogP contribution in [0.15, 0.2) is 28.8 Å². The zero-order valence-corrected chi connectivity index (χ0v) is 17.8. The van der Waals surface area contributed by atoms with Crippen molar-refractivity contribution >= 4 is 6.09 Å². The molecule has 0 unspecified atom stereocenters. The van der Waals surface area contributed by atoms with E-state index >= 15 is 0 Å². The second-order valence-corrected chi connectivity index (χ2v) is 8.30. The van der Waals surface area contributed by atoms with Crippen molar-refractivity contribution < 1.29 is 23.2 Å². The molecular weight excluding hydrogens is 379 g/mol. The van der Waals surface area contributed by atoms with E-state index in [0.29, 0.717) is 37.2 Å². The number of hydrogen-bond acceptors (Lipinski definition) is 7. The van der Waals surface area contributed by atoms with Gasteiger partial charge in [-0.25, -0.2) is 9.18 Å². The van der Waals surface area contributed by atoms with Gasteiger partial charge in [0.2, 0.25) is 5.89 Å². The van der Waals surface area contributed by atoms with Crippen molar-refractivity contribution in [2.24, 2.45) is 0 Å². The summed E-state index contributed by atoms with van der Waals surface area (Å²) in [5.74, 6) is 1.08. The molecule has 1 heterocycles. The van der Waals surface area contributed by atoms with E-state index in [4.69, 9.17) is 14.0 Å². The Hall–Kier alpha value is -2.68. The number of amides is 1. The van der Waals surface area contributed by atoms with Crippen molar-refractivity contribution in [3.63, 3.8) is 0 Å². The third-order valence-electron chi connectivity index (χ3n) is 3.80. The number of alkyl carbamates (subject to hydrolysis) is 1. The normalized spacial score (nSPS) is 12.1. The lowest BCUT2D eigenvalue weighted by Crippen LogP contribution is -2.44. The first-order chi connectivity index (χ1) is 13.4. The molecule has 0 spiro atoms. The van der Waals surface area contributed by atoms with Crippen LogP contribution in [0.4, 0.5) is 9.18 Å². The van der Waals surface area contributed by atoms with Crippen molar-refractivity contribution in [3.8, 4) is 5.75 Å². The molecule has 0 fully saturated rings. The van der Waals surface area contributed by atoms with Gasteiger partial charge >= 0.3 is 6.09 Å². The number of carbonyl (C=O) groups is 1. The zero-order chi connectivity index (χ0) is 21.7. The van der Waals surface area contributed by atoms with Gasteiger partial charge in [-0.2, -0.15) is 4.98 Å². The standard InChI is InChI=1S/C20H29FN4O4/c1-19(2,3)28-18(26)23-20(4,5)17-22-16(29-24-17)13-25(6)11-12-27-15-9-7-14(21)8-10-15/h7-10H,11-13H2,1-6H3,(H,23,26). The van der Waals surface area contributed by atoms with E-state index in [1.807, 2.05) is 11.9 Å². The Bertz CT molecular complexity index is 800. The number of ether oxygens (including phenoxy) is 2. The molecule has 1 N–H and O–H groups in total. The molecular formula is C20H29FN4O4. The highest BCUT2D eigenvalue weighted by atomic mass is 19.1. The van der Waals surface area contributed by atoms with Gasteiger partial charge in [0.05, 0.1) is 6.54 Å². The first-order valence-corrected chi connectivity index (χ1v) is 9.36. The Kier molecular flexibility index (Phi) is 7.18. The number of halogens is 1. The van der Waals surface area contributed by atoms with Gasteiger partial charge in [-0.3, -0.25) is 4.90 Å². The molecule has 8 nitrogen and oxygen atoms in total. The Morgan fingerprint density at radius 2 is 1.86 bits per heavy atom. The maximum Gasteiger partial charge on any atom is 0.408 e. The van der Waals surface area contributed by atoms with Crippen LogP contribution < -0.4 is 10.1 Å². The summed E-state index contributed by atoms with van der Waals surface area (Å²) in [6, 6.07) is 5.87. The fraction of sp³-hybridized carbons (Fsp3) is 0.550. The molecule has 1 aromatic carbocycles. The van der Waals surface area contributed by atoms with Crippen LogP contribution in [-0.4, -0.2) is 46.9 Å². The van der Waals surface area contributed by atoms with Gasteiger partial charge in [-0.05, 0) is 65.9 Å². The second kappa shape index (κ2) is 9.21. The quantitative estimate of drug-likeness (QED) is 0.715. The topological polar surface area (TPSA) is 89.7 Å². The van der Waals surface area contributed by atoms with Crippen LogP contribution in [0.5, 0.6) is 5.75 Å². The van der Waals surface area contributed by atoms with E-state index < -0.39 is 17.2 Å². The predicted molar refractivity (Wildman–Crippen MR) is 105 cm³/mol. The van der Waals surface area contributed by atoms with Crippen molar-refractivity contribution in [3.05, 3.63) is 41.8 Å². The van der Waals surface area contributed by atoms with Crippen molar-refractivity contribution in [2.75, 3.05) is 20.2 Å². The number of carbonyl (C=O) groups excluding carboxylic acids is 1. The molecule has 2 rings (SSSR count). The molecule has 1 aromatic heterocycles. The first-order valence-electron chi connectivity index (χ1n) is 9.36. The van der Waals surface area contributed by atoms with Crippen LogP contribution in [0.2, 0.25) is 0 Å². The molecule has 0 bridgehead atoms. The molecule has 0 aliphatic heterocycles. The molecule has 29 heavy (non-hydrogen) atoms. The SMILES string of the molecule is CN(CCOc1ccc(F)cc1)Cc1nc(C(C)(C)NC(=O)OC(C)(C)C)no1. The maximum absolute atomic E-state index is 12.9. The number of benzene rings is 1. The fourth-order valence-corrected chi connectivity index (χ4v) is 2.35. The minimum atomic E-state index is -0.853. The number of nitrogens with zero attached hydrogens (tertiary/aromatic N) is 3. The van der Waals surface area contributed by atoms with Gasteiger partial charge in [0.25, 0.3) is 0 Å². The first kappa shape index (κ1) is 22.6. The lowest BCUT2D eigenvalue weighted by atomic mass is 10.1. The van der Waals surface area contributed by atoms with Crippen molar-refractivity contribution in [2.45, 2.75) is 52.3 Å². The van der Waals surface area contributed by atoms with Crippen molar-refractivity contribution in [1.82, 2.24) is 20.4 Å². The van der Waals surface area contributed by atoms with Gasteiger partial charge in [0.15, 0.2) is 5.82 Å². The molecule has 160 valence electrons. The Morgan fingerprint density at radius 1 is 1.21 bits per heavy atom. The molecule has 0 radical (unpaired) electrons. The highest BCUT2D eigenvalue weighted by Gasteiger charge is 2.31. The lowest BCUT2D eigenvalue weighted by Gasteiger charge is -2.26. The Balaban J connectivity index is 1.83. The number of hydrogen-bond donors (Lipinski definition) is 1. The highest BCUT2D eigenvalue weighted by molar-refractivity contribution is 5.68. The third-order valence-corrected chi connectivity index (χ3v) is 3.80. The summed E-state index contributed by atoms with van der Waals surface area (Å²) < 4.78 is 29.0. The van der Waals surface area contributed by atoms with Gasteiger partial charge in [-0.1, -0.05) is 5.16 Å². The van der Waals surface area contributed by atoms with Gasteiger partial charge < -0.3 is 19.3 Å². The maximum atomic E-state index is 12.9. The van der Waals surface area contributed by atoms with Crippen LogP contribution in [0, 0.1) is 5.82 Å². The van der Waals surface area contributed by atoms with Gasteiger partial charge in [0.1, 0.15) is 29.3 Å². The molecule has 0 saturated heterocycles. The number of nitrogens with one attached hydrogen (secondary N) is 1. The molecule has 0 saturated carbocycles. The van der Waals surface area contributed by atoms with Crippen LogP contribution in [0.1, 0.15) is 46.3 Å². The number of likely N-dealkylation sites (N-methyl/N-ethyl adjacent to an activating group) is 1. The zero-order valence-electron chi connectivity index (χ0n) is 17.8. The smallest absolute Gasteiger partial charge is 0.408 e. The van der Waals surface area contributed by atoms with Crippen molar-refractivity contribution in [1.29, 1.82) is 0 Å². The summed E-state index contributed by atoms with van der Waals surface area (Å²) in [5.41, 5.74) is -1.45. The molecule has 0 aliphatic carbocycles. The monoisotopic (exact) mass is 408 g/mol. The van der Waals surface area contributed by atoms with E-state index in [2.05, 4.69) is 15.5 Å². The van der Waals surface area contributed by atoms with Crippen LogP contribution >= 0.6 is 0 Å². The van der Waals surface area contributed by atoms with E-state index in [1.165, 1.54) is 12.1 Å². The van der Waals surface area contributed by atoms with Gasteiger partial charge in [0, 0.05) is 6.54 Å². The Morgan fingerprint density at radius 3 is 2.48 bits per heavy atom. The van der Waals surface area contributed by atoms with E-state index in [-0.39, 0.29) is 5.82 Å². The number of rotatable bonds is 8. The third kappa shape index (κ3) is 7.69. The highest BCUT2D eigenvalue weighted by Crippen LogP contribution is 2.18. The molecule has 0 atom stereocenters. The molecule has 2 aromatic rings.